The maximum Gasteiger partial charge on any atom is 0.333 e. The Labute approximate surface area is 106 Å². The van der Waals surface area contributed by atoms with Crippen LogP contribution in [0.5, 0.6) is 0 Å². The zero-order valence-corrected chi connectivity index (χ0v) is 11.2. The molecule has 0 aliphatic carbocycles. The molecule has 0 fully saturated rings. The van der Waals surface area contributed by atoms with Crippen LogP contribution in [0.4, 0.5) is 11.5 Å². The zero-order chi connectivity index (χ0) is 13.9. The van der Waals surface area contributed by atoms with Crippen LogP contribution in [-0.2, 0) is 0 Å². The standard InChI is InChI=1S/C11H20N4O3/c1-7(2)14-11(12-6-5-8(3)16)10(15(17)18)9(4)13-14/h7-8,12,16H,5-6H2,1-4H3. The predicted molar refractivity (Wildman–Crippen MR) is 68.8 cm³/mol. The smallest absolute Gasteiger partial charge is 0.333 e. The first-order chi connectivity index (χ1) is 8.34. The molecule has 1 atom stereocenters. The summed E-state index contributed by atoms with van der Waals surface area (Å²) in [5.41, 5.74) is 0.405. The van der Waals surface area contributed by atoms with Crippen LogP contribution >= 0.6 is 0 Å². The minimum atomic E-state index is -0.437. The topological polar surface area (TPSA) is 93.2 Å². The molecule has 0 radical (unpaired) electrons. The number of hydrogen-bond acceptors (Lipinski definition) is 5. The van der Waals surface area contributed by atoms with Gasteiger partial charge < -0.3 is 10.4 Å². The molecular formula is C11H20N4O3. The van der Waals surface area contributed by atoms with E-state index in [2.05, 4.69) is 10.4 Å². The Balaban J connectivity index is 3.01. The van der Waals surface area contributed by atoms with Crippen molar-refractivity contribution in [1.29, 1.82) is 0 Å². The van der Waals surface area contributed by atoms with E-state index in [1.165, 1.54) is 0 Å². The lowest BCUT2D eigenvalue weighted by atomic mass is 10.3. The summed E-state index contributed by atoms with van der Waals surface area (Å²) in [7, 11) is 0. The fraction of sp³-hybridized carbons (Fsp3) is 0.727. The van der Waals surface area contributed by atoms with Gasteiger partial charge >= 0.3 is 5.69 Å². The summed E-state index contributed by atoms with van der Waals surface area (Å²) < 4.78 is 1.61. The first kappa shape index (κ1) is 14.4. The molecule has 1 heterocycles. The van der Waals surface area contributed by atoms with E-state index in [-0.39, 0.29) is 11.7 Å². The number of hydrogen-bond donors (Lipinski definition) is 2. The Morgan fingerprint density at radius 1 is 1.50 bits per heavy atom. The van der Waals surface area contributed by atoms with Crippen molar-refractivity contribution in [2.45, 2.75) is 46.3 Å². The van der Waals surface area contributed by atoms with Gasteiger partial charge in [0.15, 0.2) is 0 Å². The highest BCUT2D eigenvalue weighted by molar-refractivity contribution is 5.59. The van der Waals surface area contributed by atoms with E-state index in [1.807, 2.05) is 13.8 Å². The van der Waals surface area contributed by atoms with Crippen molar-refractivity contribution < 1.29 is 10.0 Å². The normalized spacial score (nSPS) is 12.8. The van der Waals surface area contributed by atoms with Gasteiger partial charge in [-0.1, -0.05) is 0 Å². The minimum absolute atomic E-state index is 0.00860. The molecule has 0 saturated carbocycles. The number of nitrogens with zero attached hydrogens (tertiary/aromatic N) is 3. The summed E-state index contributed by atoms with van der Waals surface area (Å²) in [5.74, 6) is 0.410. The molecule has 0 amide bonds. The lowest BCUT2D eigenvalue weighted by Gasteiger charge is -2.12. The van der Waals surface area contributed by atoms with Crippen LogP contribution in [0.25, 0.3) is 0 Å². The highest BCUT2D eigenvalue weighted by atomic mass is 16.6. The number of anilines is 1. The van der Waals surface area contributed by atoms with Crippen molar-refractivity contribution in [2.24, 2.45) is 0 Å². The maximum absolute atomic E-state index is 11.0. The van der Waals surface area contributed by atoms with Gasteiger partial charge in [-0.15, -0.1) is 0 Å². The van der Waals surface area contributed by atoms with Crippen LogP contribution < -0.4 is 5.32 Å². The van der Waals surface area contributed by atoms with Gasteiger partial charge in [0.2, 0.25) is 5.82 Å². The van der Waals surface area contributed by atoms with Gasteiger partial charge in [0.25, 0.3) is 0 Å². The van der Waals surface area contributed by atoms with E-state index in [9.17, 15) is 15.2 Å². The average molecular weight is 256 g/mol. The van der Waals surface area contributed by atoms with Crippen LogP contribution in [0.1, 0.15) is 38.9 Å². The molecule has 0 aromatic carbocycles. The van der Waals surface area contributed by atoms with Crippen molar-refractivity contribution in [3.63, 3.8) is 0 Å². The van der Waals surface area contributed by atoms with Gasteiger partial charge in [0.05, 0.1) is 11.0 Å². The molecule has 0 saturated heterocycles. The van der Waals surface area contributed by atoms with E-state index in [0.29, 0.717) is 24.5 Å². The van der Waals surface area contributed by atoms with Crippen molar-refractivity contribution in [3.8, 4) is 0 Å². The molecule has 0 bridgehead atoms. The third-order valence-electron chi connectivity index (χ3n) is 2.58. The molecule has 0 aliphatic heterocycles. The molecule has 102 valence electrons. The molecule has 1 rings (SSSR count). The Morgan fingerprint density at radius 3 is 2.56 bits per heavy atom. The van der Waals surface area contributed by atoms with Crippen LogP contribution in [0.15, 0.2) is 0 Å². The van der Waals surface area contributed by atoms with E-state index >= 15 is 0 Å². The van der Waals surface area contributed by atoms with E-state index in [0.717, 1.165) is 0 Å². The van der Waals surface area contributed by atoms with Gasteiger partial charge in [0.1, 0.15) is 5.69 Å². The van der Waals surface area contributed by atoms with Crippen molar-refractivity contribution in [1.82, 2.24) is 9.78 Å². The van der Waals surface area contributed by atoms with Gasteiger partial charge in [-0.05, 0) is 34.1 Å². The van der Waals surface area contributed by atoms with Gasteiger partial charge in [-0.25, -0.2) is 4.68 Å². The van der Waals surface area contributed by atoms with Crippen molar-refractivity contribution >= 4 is 11.5 Å². The molecular weight excluding hydrogens is 236 g/mol. The molecule has 7 nitrogen and oxygen atoms in total. The monoisotopic (exact) mass is 256 g/mol. The number of aromatic nitrogens is 2. The Bertz CT molecular complexity index is 426. The third kappa shape index (κ3) is 3.19. The number of aryl methyl sites for hydroxylation is 1. The van der Waals surface area contributed by atoms with Crippen LogP contribution in [0.2, 0.25) is 0 Å². The molecule has 7 heteroatoms. The third-order valence-corrected chi connectivity index (χ3v) is 2.58. The lowest BCUT2D eigenvalue weighted by molar-refractivity contribution is -0.384. The highest BCUT2D eigenvalue weighted by Gasteiger charge is 2.26. The van der Waals surface area contributed by atoms with Crippen molar-refractivity contribution in [3.05, 3.63) is 15.8 Å². The zero-order valence-electron chi connectivity index (χ0n) is 11.2. The lowest BCUT2D eigenvalue weighted by Crippen LogP contribution is -2.15. The number of aliphatic hydroxyl groups is 1. The average Bonchev–Trinajstić information content (AvgIpc) is 2.55. The Kier molecular flexibility index (Phi) is 4.66. The number of rotatable bonds is 6. The highest BCUT2D eigenvalue weighted by Crippen LogP contribution is 2.30. The summed E-state index contributed by atoms with van der Waals surface area (Å²) in [5, 5.41) is 27.4. The molecule has 1 aromatic heterocycles. The molecule has 1 unspecified atom stereocenters. The largest absolute Gasteiger partial charge is 0.393 e. The van der Waals surface area contributed by atoms with E-state index in [4.69, 9.17) is 0 Å². The number of nitro groups is 1. The maximum atomic E-state index is 11.0. The van der Waals surface area contributed by atoms with Crippen molar-refractivity contribution in [2.75, 3.05) is 11.9 Å². The fourth-order valence-corrected chi connectivity index (χ4v) is 1.70. The van der Waals surface area contributed by atoms with Gasteiger partial charge in [-0.2, -0.15) is 5.10 Å². The van der Waals surface area contributed by atoms with E-state index < -0.39 is 11.0 Å². The minimum Gasteiger partial charge on any atom is -0.393 e. The summed E-state index contributed by atoms with van der Waals surface area (Å²) in [4.78, 5) is 10.6. The molecule has 1 aromatic rings. The molecule has 0 aliphatic rings. The van der Waals surface area contributed by atoms with Crippen LogP contribution in [0.3, 0.4) is 0 Å². The van der Waals surface area contributed by atoms with Gasteiger partial charge in [0, 0.05) is 12.6 Å². The van der Waals surface area contributed by atoms with Crippen LogP contribution in [-0.4, -0.2) is 32.5 Å². The second-order valence-corrected chi connectivity index (χ2v) is 4.64. The summed E-state index contributed by atoms with van der Waals surface area (Å²) >= 11 is 0. The first-order valence-corrected chi connectivity index (χ1v) is 6.00. The predicted octanol–water partition coefficient (Wildman–Crippen LogP) is 1.86. The summed E-state index contributed by atoms with van der Waals surface area (Å²) in [6, 6.07) is 0.0337. The Morgan fingerprint density at radius 2 is 2.11 bits per heavy atom. The van der Waals surface area contributed by atoms with Crippen LogP contribution in [0, 0.1) is 17.0 Å². The number of aliphatic hydroxyl groups excluding tert-OH is 1. The first-order valence-electron chi connectivity index (χ1n) is 6.00. The summed E-state index contributed by atoms with van der Waals surface area (Å²) in [6.45, 7) is 7.60. The Hall–Kier alpha value is -1.63. The van der Waals surface area contributed by atoms with E-state index in [1.54, 1.807) is 18.5 Å². The summed E-state index contributed by atoms with van der Waals surface area (Å²) in [6.07, 6.45) is 0.0903. The SMILES string of the molecule is Cc1nn(C(C)C)c(NCCC(C)O)c1[N+](=O)[O-]. The molecule has 2 N–H and O–H groups in total. The second-order valence-electron chi connectivity index (χ2n) is 4.64. The van der Waals surface area contributed by atoms with Gasteiger partial charge in [-0.3, -0.25) is 10.1 Å². The molecule has 18 heavy (non-hydrogen) atoms. The fourth-order valence-electron chi connectivity index (χ4n) is 1.70. The number of nitrogens with one attached hydrogen (secondary N) is 1. The second kappa shape index (κ2) is 5.81. The molecule has 0 spiro atoms. The quantitative estimate of drug-likeness (QED) is 0.598.